The van der Waals surface area contributed by atoms with E-state index in [0.29, 0.717) is 16.0 Å². The second kappa shape index (κ2) is 9.11. The Morgan fingerprint density at radius 1 is 1.07 bits per heavy atom. The summed E-state index contributed by atoms with van der Waals surface area (Å²) in [5.74, 6) is 0.439. The number of hydrogen-bond donors (Lipinski definition) is 0. The van der Waals surface area contributed by atoms with Gasteiger partial charge in [0.1, 0.15) is 0 Å². The minimum absolute atomic E-state index is 0.436. The molecule has 142 valence electrons. The van der Waals surface area contributed by atoms with E-state index in [1.165, 1.54) is 5.56 Å². The van der Waals surface area contributed by atoms with Crippen LogP contribution in [0.15, 0.2) is 48.5 Å². The van der Waals surface area contributed by atoms with Crippen molar-refractivity contribution in [3.63, 3.8) is 0 Å². The maximum absolute atomic E-state index is 10.1. The average molecular weight is 401 g/mol. The van der Waals surface area contributed by atoms with E-state index in [9.17, 15) is 5.26 Å². The van der Waals surface area contributed by atoms with Crippen molar-refractivity contribution in [2.75, 3.05) is 20.1 Å². The third-order valence-electron chi connectivity index (χ3n) is 5.64. The summed E-state index contributed by atoms with van der Waals surface area (Å²) >= 11 is 12.3. The zero-order chi connectivity index (χ0) is 19.3. The molecule has 0 saturated heterocycles. The largest absolute Gasteiger partial charge is 0.306 e. The Kier molecular flexibility index (Phi) is 6.82. The molecule has 1 aliphatic rings. The van der Waals surface area contributed by atoms with E-state index in [2.05, 4.69) is 48.3 Å². The highest BCUT2D eigenvalue weighted by molar-refractivity contribution is 6.42. The lowest BCUT2D eigenvalue weighted by atomic mass is 9.74. The molecule has 0 aliphatic heterocycles. The topological polar surface area (TPSA) is 27.0 Å². The molecule has 27 heavy (non-hydrogen) atoms. The van der Waals surface area contributed by atoms with Crippen molar-refractivity contribution >= 4 is 23.2 Å². The smallest absolute Gasteiger partial charge is 0.0851 e. The van der Waals surface area contributed by atoms with Crippen molar-refractivity contribution < 1.29 is 0 Å². The molecule has 1 aliphatic carbocycles. The first-order valence-corrected chi connectivity index (χ1v) is 10.4. The molecule has 4 heteroatoms. The summed E-state index contributed by atoms with van der Waals surface area (Å²) in [6, 6.07) is 18.9. The van der Waals surface area contributed by atoms with Crippen LogP contribution in [0.5, 0.6) is 0 Å². The predicted molar refractivity (Wildman–Crippen MR) is 113 cm³/mol. The van der Waals surface area contributed by atoms with Crippen LogP contribution in [-0.4, -0.2) is 25.0 Å². The first-order valence-electron chi connectivity index (χ1n) is 9.64. The second-order valence-electron chi connectivity index (χ2n) is 7.63. The number of likely N-dealkylation sites (N-methyl/N-ethyl adjacent to an activating group) is 1. The Morgan fingerprint density at radius 2 is 1.81 bits per heavy atom. The van der Waals surface area contributed by atoms with Gasteiger partial charge < -0.3 is 4.90 Å². The van der Waals surface area contributed by atoms with Gasteiger partial charge in [0, 0.05) is 6.54 Å². The van der Waals surface area contributed by atoms with E-state index in [-0.39, 0.29) is 0 Å². The quantitative estimate of drug-likeness (QED) is 0.506. The summed E-state index contributed by atoms with van der Waals surface area (Å²) in [6.45, 7) is 2.02. The Balaban J connectivity index is 1.59. The Morgan fingerprint density at radius 3 is 2.44 bits per heavy atom. The fourth-order valence-electron chi connectivity index (χ4n) is 3.85. The van der Waals surface area contributed by atoms with Crippen LogP contribution in [0.25, 0.3) is 0 Å². The average Bonchev–Trinajstić information content (AvgIpc) is 3.52. The normalized spacial score (nSPS) is 16.1. The lowest BCUT2D eigenvalue weighted by Crippen LogP contribution is -2.30. The van der Waals surface area contributed by atoms with Crippen molar-refractivity contribution in [2.45, 2.75) is 37.5 Å². The molecule has 2 aromatic carbocycles. The molecular weight excluding hydrogens is 375 g/mol. The zero-order valence-corrected chi connectivity index (χ0v) is 17.3. The van der Waals surface area contributed by atoms with Gasteiger partial charge in [-0.1, -0.05) is 59.6 Å². The summed E-state index contributed by atoms with van der Waals surface area (Å²) in [6.07, 6.45) is 5.16. The molecule has 1 saturated carbocycles. The van der Waals surface area contributed by atoms with Gasteiger partial charge in [0.15, 0.2) is 0 Å². The van der Waals surface area contributed by atoms with Crippen LogP contribution in [0.2, 0.25) is 10.0 Å². The van der Waals surface area contributed by atoms with E-state index in [0.717, 1.165) is 50.8 Å². The van der Waals surface area contributed by atoms with Crippen LogP contribution in [0.1, 0.15) is 36.8 Å². The van der Waals surface area contributed by atoms with Crippen molar-refractivity contribution in [1.29, 1.82) is 5.26 Å². The molecule has 0 heterocycles. The van der Waals surface area contributed by atoms with Crippen LogP contribution in [0.3, 0.4) is 0 Å². The molecular formula is C23H26Cl2N2. The van der Waals surface area contributed by atoms with Gasteiger partial charge in [0.2, 0.25) is 0 Å². The van der Waals surface area contributed by atoms with E-state index in [1.54, 1.807) is 0 Å². The van der Waals surface area contributed by atoms with Crippen LogP contribution in [0.4, 0.5) is 0 Å². The molecule has 0 radical (unpaired) electrons. The van der Waals surface area contributed by atoms with Crippen molar-refractivity contribution in [3.05, 3.63) is 69.7 Å². The van der Waals surface area contributed by atoms with Gasteiger partial charge in [-0.05, 0) is 74.9 Å². The molecule has 0 spiro atoms. The Bertz CT molecular complexity index is 796. The maximum Gasteiger partial charge on any atom is 0.0851 e. The van der Waals surface area contributed by atoms with Crippen molar-refractivity contribution in [3.8, 4) is 6.07 Å². The molecule has 0 amide bonds. The first-order chi connectivity index (χ1) is 13.0. The van der Waals surface area contributed by atoms with Crippen molar-refractivity contribution in [2.24, 2.45) is 5.92 Å². The molecule has 0 aromatic heterocycles. The molecule has 3 rings (SSSR count). The molecule has 0 N–H and O–H groups in total. The van der Waals surface area contributed by atoms with Gasteiger partial charge >= 0.3 is 0 Å². The van der Waals surface area contributed by atoms with Crippen LogP contribution in [-0.2, 0) is 11.8 Å². The molecule has 0 bridgehead atoms. The number of halogens is 2. The Hall–Kier alpha value is -1.53. The van der Waals surface area contributed by atoms with Crippen LogP contribution < -0.4 is 0 Å². The van der Waals surface area contributed by atoms with Gasteiger partial charge in [-0.15, -0.1) is 0 Å². The minimum Gasteiger partial charge on any atom is -0.306 e. The van der Waals surface area contributed by atoms with Crippen LogP contribution in [0, 0.1) is 17.2 Å². The second-order valence-corrected chi connectivity index (χ2v) is 8.44. The third-order valence-corrected chi connectivity index (χ3v) is 6.38. The van der Waals surface area contributed by atoms with Gasteiger partial charge in [0.25, 0.3) is 0 Å². The number of nitrogens with zero attached hydrogens (tertiary/aromatic N) is 2. The summed E-state index contributed by atoms with van der Waals surface area (Å²) < 4.78 is 0. The van der Waals surface area contributed by atoms with Gasteiger partial charge in [0.05, 0.1) is 21.5 Å². The number of hydrogen-bond acceptors (Lipinski definition) is 2. The van der Waals surface area contributed by atoms with E-state index < -0.39 is 5.41 Å². The van der Waals surface area contributed by atoms with Crippen molar-refractivity contribution in [1.82, 2.24) is 4.90 Å². The van der Waals surface area contributed by atoms with Gasteiger partial charge in [-0.2, -0.15) is 5.26 Å². The molecule has 2 nitrogen and oxygen atoms in total. The Labute approximate surface area is 172 Å². The SMILES string of the molecule is CN(CCCC(C#N)(c1ccc(Cl)c(Cl)c1)C1CC1)CCc1ccccc1. The summed E-state index contributed by atoms with van der Waals surface area (Å²) in [5.41, 5.74) is 1.95. The predicted octanol–water partition coefficient (Wildman–Crippen LogP) is 6.12. The lowest BCUT2D eigenvalue weighted by Gasteiger charge is -2.28. The highest BCUT2D eigenvalue weighted by Crippen LogP contribution is 2.50. The van der Waals surface area contributed by atoms with Crippen LogP contribution >= 0.6 is 23.2 Å². The fourth-order valence-corrected chi connectivity index (χ4v) is 4.15. The number of nitriles is 1. The minimum atomic E-state index is -0.436. The summed E-state index contributed by atoms with van der Waals surface area (Å²) in [5, 5.41) is 11.2. The lowest BCUT2D eigenvalue weighted by molar-refractivity contribution is 0.308. The fraction of sp³-hybridized carbons (Fsp3) is 0.435. The van der Waals surface area contributed by atoms with Gasteiger partial charge in [-0.3, -0.25) is 0 Å². The summed E-state index contributed by atoms with van der Waals surface area (Å²) in [4.78, 5) is 2.36. The van der Waals surface area contributed by atoms with Gasteiger partial charge in [-0.25, -0.2) is 0 Å². The first kappa shape index (κ1) is 20.2. The monoisotopic (exact) mass is 400 g/mol. The molecule has 1 fully saturated rings. The summed E-state index contributed by atoms with van der Waals surface area (Å²) in [7, 11) is 2.16. The molecule has 2 aromatic rings. The van der Waals surface area contributed by atoms with E-state index in [4.69, 9.17) is 23.2 Å². The molecule has 1 atom stereocenters. The van der Waals surface area contributed by atoms with E-state index in [1.807, 2.05) is 18.2 Å². The van der Waals surface area contributed by atoms with E-state index >= 15 is 0 Å². The highest BCUT2D eigenvalue weighted by atomic mass is 35.5. The third kappa shape index (κ3) is 5.05. The standard InChI is InChI=1S/C23H26Cl2N2/c1-27(15-12-18-6-3-2-4-7-18)14-5-13-23(17-26,19-8-9-19)20-10-11-21(24)22(25)16-20/h2-4,6-7,10-11,16,19H,5,8-9,12-15H2,1H3. The number of benzene rings is 2. The zero-order valence-electron chi connectivity index (χ0n) is 15.8. The maximum atomic E-state index is 10.1. The number of rotatable bonds is 9. The highest BCUT2D eigenvalue weighted by Gasteiger charge is 2.46. The molecule has 1 unspecified atom stereocenters.